The molecule has 1 aromatic rings. The number of aliphatic hydroxyl groups excluding tert-OH is 1. The van der Waals surface area contributed by atoms with E-state index in [1.54, 1.807) is 18.2 Å². The molecule has 0 bridgehead atoms. The zero-order chi connectivity index (χ0) is 10.1. The Morgan fingerprint density at radius 1 is 1.50 bits per heavy atom. The second kappa shape index (κ2) is 3.79. The molecule has 1 aromatic heterocycles. The molecule has 0 unspecified atom stereocenters. The van der Waals surface area contributed by atoms with Gasteiger partial charge in [0.15, 0.2) is 5.78 Å². The zero-order valence-corrected chi connectivity index (χ0v) is 9.07. The summed E-state index contributed by atoms with van der Waals surface area (Å²) in [5.74, 6) is 0.00315. The molecule has 0 amide bonds. The van der Waals surface area contributed by atoms with Crippen LogP contribution in [0.5, 0.6) is 0 Å². The number of pyridine rings is 1. The number of rotatable bonds is 2. The smallest absolute Gasteiger partial charge is 0.184 e. The van der Waals surface area contributed by atoms with E-state index < -0.39 is 0 Å². The first-order valence-electron chi connectivity index (χ1n) is 4.51. The average Bonchev–Trinajstić information content (AvgIpc) is 2.12. The van der Waals surface area contributed by atoms with Crippen molar-refractivity contribution in [2.75, 3.05) is 0 Å². The van der Waals surface area contributed by atoms with Gasteiger partial charge in [0.2, 0.25) is 0 Å². The fraction of sp³-hybridized carbons (Fsp3) is 0.400. The number of hydrogen-bond acceptors (Lipinski definition) is 3. The molecule has 1 aliphatic carbocycles. The molecular formula is C10H10BrNO2. The average molecular weight is 256 g/mol. The second-order valence-corrected chi connectivity index (χ2v) is 4.34. The fourth-order valence-corrected chi connectivity index (χ4v) is 1.90. The molecule has 1 heterocycles. The van der Waals surface area contributed by atoms with Crippen LogP contribution in [0.15, 0.2) is 22.8 Å². The van der Waals surface area contributed by atoms with Crippen LogP contribution >= 0.6 is 15.9 Å². The van der Waals surface area contributed by atoms with Gasteiger partial charge in [-0.05, 0) is 40.9 Å². The molecule has 74 valence electrons. The third kappa shape index (κ3) is 1.86. The maximum atomic E-state index is 11.7. The van der Waals surface area contributed by atoms with Crippen molar-refractivity contribution in [2.24, 2.45) is 5.92 Å². The quantitative estimate of drug-likeness (QED) is 0.648. The predicted octanol–water partition coefficient (Wildman–Crippen LogP) is 1.80. The van der Waals surface area contributed by atoms with E-state index in [-0.39, 0.29) is 17.8 Å². The van der Waals surface area contributed by atoms with Crippen LogP contribution in [0.2, 0.25) is 0 Å². The first-order valence-corrected chi connectivity index (χ1v) is 5.31. The number of Topliss-reactive ketones (excluding diaryl/α,β-unsaturated/α-hetero) is 1. The lowest BCUT2D eigenvalue weighted by Gasteiger charge is -2.29. The van der Waals surface area contributed by atoms with Crippen molar-refractivity contribution in [3.05, 3.63) is 28.5 Å². The summed E-state index contributed by atoms with van der Waals surface area (Å²) in [6, 6.07) is 5.28. The van der Waals surface area contributed by atoms with Crippen molar-refractivity contribution < 1.29 is 9.90 Å². The van der Waals surface area contributed by atoms with E-state index in [1.807, 2.05) is 0 Å². The minimum absolute atomic E-state index is 0.0354. The summed E-state index contributed by atoms with van der Waals surface area (Å²) in [5.41, 5.74) is 0.483. The maximum absolute atomic E-state index is 11.7. The number of nitrogens with zero attached hydrogens (tertiary/aromatic N) is 1. The van der Waals surface area contributed by atoms with E-state index in [0.29, 0.717) is 23.1 Å². The summed E-state index contributed by atoms with van der Waals surface area (Å²) in [5, 5.41) is 9.09. The van der Waals surface area contributed by atoms with Gasteiger partial charge in [0, 0.05) is 5.92 Å². The molecule has 1 N–H and O–H groups in total. The molecule has 4 heteroatoms. The topological polar surface area (TPSA) is 50.2 Å². The van der Waals surface area contributed by atoms with Gasteiger partial charge in [-0.1, -0.05) is 6.07 Å². The first-order chi connectivity index (χ1) is 6.66. The lowest BCUT2D eigenvalue weighted by molar-refractivity contribution is 0.0364. The number of aliphatic hydroxyl groups is 1. The molecule has 1 saturated carbocycles. The highest BCUT2D eigenvalue weighted by Crippen LogP contribution is 2.30. The van der Waals surface area contributed by atoms with E-state index in [0.717, 1.165) is 0 Å². The second-order valence-electron chi connectivity index (χ2n) is 3.53. The van der Waals surface area contributed by atoms with Gasteiger partial charge in [-0.2, -0.15) is 0 Å². The highest BCUT2D eigenvalue weighted by Gasteiger charge is 2.34. The number of carbonyl (C=O) groups excluding carboxylic acids is 1. The van der Waals surface area contributed by atoms with Crippen molar-refractivity contribution in [3.8, 4) is 0 Å². The number of hydrogen-bond donors (Lipinski definition) is 1. The van der Waals surface area contributed by atoms with Crippen LogP contribution in [-0.4, -0.2) is 22.0 Å². The normalized spacial score (nSPS) is 25.6. The number of aromatic nitrogens is 1. The standard InChI is InChI=1S/C10H10BrNO2/c11-9-3-1-2-8(12-9)10(14)6-4-7(13)5-6/h1-3,6-7,13H,4-5H2. The van der Waals surface area contributed by atoms with Crippen molar-refractivity contribution in [1.29, 1.82) is 0 Å². The summed E-state index contributed by atoms with van der Waals surface area (Å²) >= 11 is 3.22. The Morgan fingerprint density at radius 2 is 2.21 bits per heavy atom. The van der Waals surface area contributed by atoms with Gasteiger partial charge in [0.1, 0.15) is 10.3 Å². The minimum Gasteiger partial charge on any atom is -0.393 e. The number of ketones is 1. The van der Waals surface area contributed by atoms with Crippen LogP contribution in [0, 0.1) is 5.92 Å². The molecule has 0 aliphatic heterocycles. The highest BCUT2D eigenvalue weighted by molar-refractivity contribution is 9.10. The third-order valence-electron chi connectivity index (χ3n) is 2.45. The number of carbonyl (C=O) groups is 1. The van der Waals surface area contributed by atoms with E-state index in [1.165, 1.54) is 0 Å². The summed E-state index contributed by atoms with van der Waals surface area (Å²) in [6.45, 7) is 0. The van der Waals surface area contributed by atoms with Crippen molar-refractivity contribution in [1.82, 2.24) is 4.98 Å². The van der Waals surface area contributed by atoms with Crippen molar-refractivity contribution in [3.63, 3.8) is 0 Å². The van der Waals surface area contributed by atoms with Crippen LogP contribution in [-0.2, 0) is 0 Å². The van der Waals surface area contributed by atoms with Gasteiger partial charge >= 0.3 is 0 Å². The molecule has 0 aromatic carbocycles. The summed E-state index contributed by atoms with van der Waals surface area (Å²) in [7, 11) is 0. The summed E-state index contributed by atoms with van der Waals surface area (Å²) in [6.07, 6.45) is 0.858. The Kier molecular flexibility index (Phi) is 2.65. The lowest BCUT2D eigenvalue weighted by Crippen LogP contribution is -2.34. The molecule has 14 heavy (non-hydrogen) atoms. The Morgan fingerprint density at radius 3 is 2.79 bits per heavy atom. The van der Waals surface area contributed by atoms with Gasteiger partial charge in [0.05, 0.1) is 6.10 Å². The minimum atomic E-state index is -0.295. The van der Waals surface area contributed by atoms with Gasteiger partial charge in [-0.15, -0.1) is 0 Å². The molecule has 0 saturated heterocycles. The molecular weight excluding hydrogens is 246 g/mol. The molecule has 1 fully saturated rings. The van der Waals surface area contributed by atoms with E-state index in [4.69, 9.17) is 5.11 Å². The molecule has 0 radical (unpaired) electrons. The SMILES string of the molecule is O=C(c1cccc(Br)n1)C1CC(O)C1. The molecule has 1 aliphatic rings. The summed E-state index contributed by atoms with van der Waals surface area (Å²) in [4.78, 5) is 15.8. The summed E-state index contributed by atoms with van der Waals surface area (Å²) < 4.78 is 0.670. The van der Waals surface area contributed by atoms with Gasteiger partial charge < -0.3 is 5.11 Å². The predicted molar refractivity (Wildman–Crippen MR) is 55.0 cm³/mol. The van der Waals surface area contributed by atoms with E-state index in [2.05, 4.69) is 20.9 Å². The molecule has 2 rings (SSSR count). The van der Waals surface area contributed by atoms with Gasteiger partial charge in [-0.25, -0.2) is 4.98 Å². The third-order valence-corrected chi connectivity index (χ3v) is 2.89. The number of halogens is 1. The van der Waals surface area contributed by atoms with Crippen molar-refractivity contribution >= 4 is 21.7 Å². The highest BCUT2D eigenvalue weighted by atomic mass is 79.9. The van der Waals surface area contributed by atoms with Crippen LogP contribution in [0.3, 0.4) is 0 Å². The van der Waals surface area contributed by atoms with Crippen molar-refractivity contribution in [2.45, 2.75) is 18.9 Å². The van der Waals surface area contributed by atoms with Crippen LogP contribution in [0.4, 0.5) is 0 Å². The fourth-order valence-electron chi connectivity index (χ4n) is 1.56. The Hall–Kier alpha value is -0.740. The van der Waals surface area contributed by atoms with Gasteiger partial charge in [-0.3, -0.25) is 4.79 Å². The van der Waals surface area contributed by atoms with Crippen LogP contribution < -0.4 is 0 Å². The monoisotopic (exact) mass is 255 g/mol. The maximum Gasteiger partial charge on any atom is 0.184 e. The van der Waals surface area contributed by atoms with E-state index >= 15 is 0 Å². The Labute approximate surface area is 90.3 Å². The van der Waals surface area contributed by atoms with Crippen LogP contribution in [0.1, 0.15) is 23.3 Å². The molecule has 0 spiro atoms. The Balaban J connectivity index is 2.12. The van der Waals surface area contributed by atoms with Gasteiger partial charge in [0.25, 0.3) is 0 Å². The lowest BCUT2D eigenvalue weighted by atomic mass is 9.78. The zero-order valence-electron chi connectivity index (χ0n) is 7.48. The Bertz CT molecular complexity index is 361. The van der Waals surface area contributed by atoms with Crippen LogP contribution in [0.25, 0.3) is 0 Å². The molecule has 0 atom stereocenters. The first kappa shape index (κ1) is 9.80. The van der Waals surface area contributed by atoms with E-state index in [9.17, 15) is 4.79 Å². The largest absolute Gasteiger partial charge is 0.393 e. The molecule has 3 nitrogen and oxygen atoms in total.